The molecular weight excluding hydrogens is 674 g/mol. The van der Waals surface area contributed by atoms with Gasteiger partial charge in [0.2, 0.25) is 0 Å². The summed E-state index contributed by atoms with van der Waals surface area (Å²) in [6, 6.07) is 0. The first-order valence-electron chi connectivity index (χ1n) is 15.0. The fraction of sp³-hybridized carbons (Fsp3) is 0.500. The molecule has 22 radical (unpaired) electrons. The summed E-state index contributed by atoms with van der Waals surface area (Å²) in [6.45, 7) is 44.0. The SMILES string of the molecule is C[C]1[C](C)[C](C)[C](C)[C]1C.C[C]1[C](C)[C](C)[C](C)[C]1C.C[C]1[C](C)[C](C)[C](C)[C]1C.C[C]1[C](C)[C](C)[C](C)[C]1C.O.[Y].[Y]. The van der Waals surface area contributed by atoms with Gasteiger partial charge >= 0.3 is 0 Å². The Kier molecular flexibility index (Phi) is 24.5. The second kappa shape index (κ2) is 21.3. The van der Waals surface area contributed by atoms with Crippen molar-refractivity contribution < 1.29 is 70.9 Å². The molecule has 0 aromatic rings. The normalized spacial score (nSPS) is 26.5. The summed E-state index contributed by atoms with van der Waals surface area (Å²) in [7, 11) is 0. The van der Waals surface area contributed by atoms with Gasteiger partial charge in [0.25, 0.3) is 0 Å². The molecule has 4 rings (SSSR count). The van der Waals surface area contributed by atoms with Gasteiger partial charge in [-0.05, 0) is 118 Å². The fourth-order valence-corrected chi connectivity index (χ4v) is 5.62. The summed E-state index contributed by atoms with van der Waals surface area (Å²) in [5.74, 6) is 29.4. The van der Waals surface area contributed by atoms with Crippen LogP contribution in [0.1, 0.15) is 138 Å². The first-order chi connectivity index (χ1) is 18.2. The van der Waals surface area contributed by atoms with Gasteiger partial charge in [-0.15, -0.1) is 0 Å². The van der Waals surface area contributed by atoms with Crippen LogP contribution in [0.2, 0.25) is 0 Å². The van der Waals surface area contributed by atoms with Gasteiger partial charge < -0.3 is 5.48 Å². The Bertz CT molecular complexity index is 428. The van der Waals surface area contributed by atoms with Crippen molar-refractivity contribution >= 4 is 0 Å². The van der Waals surface area contributed by atoms with E-state index in [1.807, 2.05) is 0 Å². The number of rotatable bonds is 0. The van der Waals surface area contributed by atoms with E-state index in [0.717, 1.165) is 0 Å². The van der Waals surface area contributed by atoms with E-state index in [2.05, 4.69) is 138 Å². The van der Waals surface area contributed by atoms with Gasteiger partial charge in [-0.3, -0.25) is 0 Å². The maximum Gasteiger partial charge on any atom is 0 e. The van der Waals surface area contributed by atoms with Gasteiger partial charge in [0, 0.05) is 65.4 Å². The maximum absolute atomic E-state index is 2.20. The second-order valence-electron chi connectivity index (χ2n) is 12.5. The van der Waals surface area contributed by atoms with Crippen molar-refractivity contribution in [1.82, 2.24) is 0 Å². The molecule has 4 fully saturated rings. The Hall–Kier alpha value is 2.17. The van der Waals surface area contributed by atoms with Crippen molar-refractivity contribution in [2.45, 2.75) is 138 Å². The Morgan fingerprint density at radius 2 is 0.163 bits per heavy atom. The largest absolute Gasteiger partial charge is 0.412 e. The second-order valence-corrected chi connectivity index (χ2v) is 12.5. The standard InChI is InChI=1S/4C10H15.H2O.2Y/c4*1-6-7(2)9(4)10(5)8(6)3;;;/h4*1-5H3;1H2;;. The minimum atomic E-state index is 0. The van der Waals surface area contributed by atoms with Crippen LogP contribution in [-0.4, -0.2) is 5.48 Å². The van der Waals surface area contributed by atoms with Crippen molar-refractivity contribution in [3.8, 4) is 0 Å². The average molecular weight is 737 g/mol. The monoisotopic (exact) mass is 736 g/mol. The van der Waals surface area contributed by atoms with Crippen LogP contribution in [0, 0.1) is 118 Å². The first-order valence-corrected chi connectivity index (χ1v) is 15.0. The summed E-state index contributed by atoms with van der Waals surface area (Å²) >= 11 is 0. The molecular formula is C40H62OY2. The molecule has 0 saturated heterocycles. The Labute approximate surface area is 324 Å². The first kappa shape index (κ1) is 49.6. The Balaban J connectivity index is -0.000000485. The fourth-order valence-electron chi connectivity index (χ4n) is 5.62. The van der Waals surface area contributed by atoms with Crippen LogP contribution in [0.4, 0.5) is 0 Å². The van der Waals surface area contributed by atoms with E-state index >= 15 is 0 Å². The Morgan fingerprint density at radius 1 is 0.140 bits per heavy atom. The van der Waals surface area contributed by atoms with E-state index in [0.29, 0.717) is 0 Å². The molecule has 0 bridgehead atoms. The van der Waals surface area contributed by atoms with Crippen molar-refractivity contribution in [1.29, 1.82) is 0 Å². The molecule has 3 heteroatoms. The molecule has 0 atom stereocenters. The molecule has 0 amide bonds. The molecule has 0 spiro atoms. The van der Waals surface area contributed by atoms with Crippen molar-refractivity contribution in [2.24, 2.45) is 0 Å². The quantitative estimate of drug-likeness (QED) is 0.237. The van der Waals surface area contributed by atoms with Crippen LogP contribution in [0.25, 0.3) is 0 Å². The van der Waals surface area contributed by atoms with Crippen LogP contribution in [0.15, 0.2) is 0 Å². The van der Waals surface area contributed by atoms with Gasteiger partial charge in [-0.2, -0.15) is 0 Å². The molecule has 2 N–H and O–H groups in total. The van der Waals surface area contributed by atoms with E-state index < -0.39 is 0 Å². The van der Waals surface area contributed by atoms with Crippen LogP contribution in [0.5, 0.6) is 0 Å². The third kappa shape index (κ3) is 11.6. The van der Waals surface area contributed by atoms with Gasteiger partial charge in [-0.1, -0.05) is 138 Å². The molecule has 1 nitrogen and oxygen atoms in total. The van der Waals surface area contributed by atoms with Gasteiger partial charge in [0.15, 0.2) is 0 Å². The van der Waals surface area contributed by atoms with Gasteiger partial charge in [0.05, 0.1) is 0 Å². The van der Waals surface area contributed by atoms with E-state index in [-0.39, 0.29) is 70.9 Å². The molecule has 0 heterocycles. The molecule has 43 heavy (non-hydrogen) atoms. The van der Waals surface area contributed by atoms with Gasteiger partial charge in [0.1, 0.15) is 0 Å². The number of hydrogen-bond acceptors (Lipinski definition) is 0. The summed E-state index contributed by atoms with van der Waals surface area (Å²) in [5, 5.41) is 0. The summed E-state index contributed by atoms with van der Waals surface area (Å²) in [5.41, 5.74) is 0. The predicted octanol–water partition coefficient (Wildman–Crippen LogP) is 11.1. The molecule has 4 aliphatic rings. The van der Waals surface area contributed by atoms with Crippen molar-refractivity contribution in [2.75, 3.05) is 0 Å². The van der Waals surface area contributed by atoms with Crippen molar-refractivity contribution in [3.05, 3.63) is 118 Å². The van der Waals surface area contributed by atoms with Crippen LogP contribution < -0.4 is 0 Å². The van der Waals surface area contributed by atoms with Crippen LogP contribution in [0.3, 0.4) is 0 Å². The topological polar surface area (TPSA) is 31.5 Å². The molecule has 0 unspecified atom stereocenters. The minimum Gasteiger partial charge on any atom is -0.412 e. The zero-order valence-electron chi connectivity index (χ0n) is 31.7. The van der Waals surface area contributed by atoms with E-state index in [1.165, 1.54) is 118 Å². The predicted molar refractivity (Wildman–Crippen MR) is 182 cm³/mol. The van der Waals surface area contributed by atoms with Crippen LogP contribution >= 0.6 is 0 Å². The molecule has 0 aliphatic heterocycles. The summed E-state index contributed by atoms with van der Waals surface area (Å²) in [4.78, 5) is 0. The zero-order valence-corrected chi connectivity index (χ0v) is 37.3. The molecule has 0 aromatic carbocycles. The third-order valence-corrected chi connectivity index (χ3v) is 11.2. The summed E-state index contributed by atoms with van der Waals surface area (Å²) in [6.07, 6.45) is 0. The smallest absolute Gasteiger partial charge is 0 e. The molecule has 234 valence electrons. The van der Waals surface area contributed by atoms with Crippen molar-refractivity contribution in [3.63, 3.8) is 0 Å². The van der Waals surface area contributed by atoms with E-state index in [4.69, 9.17) is 0 Å². The minimum absolute atomic E-state index is 0. The van der Waals surface area contributed by atoms with E-state index in [9.17, 15) is 0 Å². The number of hydrogen-bond donors (Lipinski definition) is 0. The average Bonchev–Trinajstić information content (AvgIpc) is 3.37. The molecule has 4 saturated carbocycles. The zero-order chi connectivity index (χ0) is 31.5. The van der Waals surface area contributed by atoms with E-state index in [1.54, 1.807) is 0 Å². The third-order valence-electron chi connectivity index (χ3n) is 11.2. The Morgan fingerprint density at radius 3 is 0.186 bits per heavy atom. The molecule has 0 aromatic heterocycles. The molecule has 4 aliphatic carbocycles. The summed E-state index contributed by atoms with van der Waals surface area (Å²) < 4.78 is 0. The maximum atomic E-state index is 2.20. The van der Waals surface area contributed by atoms with Crippen LogP contribution in [-0.2, 0) is 65.4 Å². The van der Waals surface area contributed by atoms with Gasteiger partial charge in [-0.25, -0.2) is 0 Å².